The number of hydrogen-bond acceptors (Lipinski definition) is 4. The van der Waals surface area contributed by atoms with Gasteiger partial charge in [0.1, 0.15) is 5.82 Å². The van der Waals surface area contributed by atoms with Crippen LogP contribution in [-0.2, 0) is 16.0 Å². The lowest BCUT2D eigenvalue weighted by Gasteiger charge is -2.18. The average molecular weight is 446 g/mol. The number of benzene rings is 1. The second-order valence-electron chi connectivity index (χ2n) is 9.69. The normalized spacial score (nSPS) is 26.3. The number of aromatic amines is 1. The predicted octanol–water partition coefficient (Wildman–Crippen LogP) is 1.82. The van der Waals surface area contributed by atoms with Gasteiger partial charge in [-0.05, 0) is 48.4 Å². The van der Waals surface area contributed by atoms with Crippen molar-refractivity contribution in [1.82, 2.24) is 25.0 Å². The lowest BCUT2D eigenvalue weighted by molar-refractivity contribution is -0.131. The Morgan fingerprint density at radius 3 is 2.73 bits per heavy atom. The molecule has 8 heteroatoms. The molecule has 1 aromatic carbocycles. The Morgan fingerprint density at radius 1 is 1.12 bits per heavy atom. The lowest BCUT2D eigenvalue weighted by atomic mass is 9.89. The first-order valence-electron chi connectivity index (χ1n) is 11.8. The van der Waals surface area contributed by atoms with Gasteiger partial charge in [0, 0.05) is 37.8 Å². The summed E-state index contributed by atoms with van der Waals surface area (Å²) in [6, 6.07) is 7.98. The van der Waals surface area contributed by atoms with Gasteiger partial charge in [-0.15, -0.1) is 0 Å². The van der Waals surface area contributed by atoms with Gasteiger partial charge < -0.3 is 10.2 Å². The van der Waals surface area contributed by atoms with Crippen LogP contribution < -0.4 is 11.0 Å². The molecule has 3 heterocycles. The Balaban J connectivity index is 1.18. The summed E-state index contributed by atoms with van der Waals surface area (Å²) in [6.45, 7) is 1.55. The van der Waals surface area contributed by atoms with Crippen molar-refractivity contribution in [1.29, 1.82) is 0 Å². The number of H-pyrrole nitrogens is 1. The molecule has 2 aliphatic carbocycles. The molecule has 2 aliphatic heterocycles. The molecular weight excluding hydrogens is 418 g/mol. The number of nitrogens with zero attached hydrogens (tertiary/aromatic N) is 3. The third kappa shape index (κ3) is 3.83. The van der Waals surface area contributed by atoms with Crippen molar-refractivity contribution < 1.29 is 9.59 Å². The zero-order valence-electron chi connectivity index (χ0n) is 18.4. The summed E-state index contributed by atoms with van der Waals surface area (Å²) in [6.07, 6.45) is 10.4. The Hall–Kier alpha value is -3.42. The third-order valence-electron chi connectivity index (χ3n) is 7.28. The Morgan fingerprint density at radius 2 is 1.94 bits per heavy atom. The molecule has 0 radical (unpaired) electrons. The molecule has 3 fully saturated rings. The lowest BCUT2D eigenvalue weighted by Crippen LogP contribution is -2.30. The number of aromatic nitrogens is 3. The van der Waals surface area contributed by atoms with E-state index >= 15 is 0 Å². The van der Waals surface area contributed by atoms with Crippen LogP contribution in [0.25, 0.3) is 11.3 Å². The van der Waals surface area contributed by atoms with Crippen molar-refractivity contribution >= 4 is 17.4 Å². The Bertz CT molecular complexity index is 1220. The summed E-state index contributed by atoms with van der Waals surface area (Å²) in [5.41, 5.74) is 2.66. The smallest absolute Gasteiger partial charge is 0.347 e. The Labute approximate surface area is 191 Å². The molecule has 1 aromatic heterocycles. The van der Waals surface area contributed by atoms with Gasteiger partial charge in [-0.2, -0.15) is 5.10 Å². The second-order valence-corrected chi connectivity index (χ2v) is 9.69. The highest BCUT2D eigenvalue weighted by molar-refractivity contribution is 5.83. The average Bonchev–Trinajstić information content (AvgIpc) is 3.28. The van der Waals surface area contributed by atoms with E-state index in [4.69, 9.17) is 0 Å². The van der Waals surface area contributed by atoms with E-state index in [2.05, 4.69) is 27.7 Å². The number of hydrogen-bond donors (Lipinski definition) is 2. The number of allylic oxidation sites excluding steroid dienone is 2. The molecule has 2 aromatic rings. The van der Waals surface area contributed by atoms with Crippen molar-refractivity contribution in [2.24, 2.45) is 17.8 Å². The molecule has 170 valence electrons. The van der Waals surface area contributed by atoms with Crippen molar-refractivity contribution in [2.75, 3.05) is 13.1 Å². The number of amides is 2. The highest BCUT2D eigenvalue weighted by atomic mass is 16.2. The van der Waals surface area contributed by atoms with Gasteiger partial charge in [0.05, 0.1) is 11.7 Å². The summed E-state index contributed by atoms with van der Waals surface area (Å²) in [5, 5.41) is 9.86. The van der Waals surface area contributed by atoms with Gasteiger partial charge in [0.15, 0.2) is 0 Å². The number of rotatable bonds is 5. The molecule has 4 aliphatic rings. The summed E-state index contributed by atoms with van der Waals surface area (Å²) in [7, 11) is 0. The van der Waals surface area contributed by atoms with Gasteiger partial charge in [0.25, 0.3) is 0 Å². The van der Waals surface area contributed by atoms with Crippen LogP contribution in [0.4, 0.5) is 0 Å². The van der Waals surface area contributed by atoms with Gasteiger partial charge in [0.2, 0.25) is 11.8 Å². The number of fused-ring (bicyclic) bond motifs is 1. The highest BCUT2D eigenvalue weighted by Crippen LogP contribution is 2.33. The molecule has 33 heavy (non-hydrogen) atoms. The molecule has 1 saturated carbocycles. The summed E-state index contributed by atoms with van der Waals surface area (Å²) >= 11 is 0. The Kier molecular flexibility index (Phi) is 4.81. The fourth-order valence-electron chi connectivity index (χ4n) is 5.31. The second kappa shape index (κ2) is 7.86. The zero-order chi connectivity index (χ0) is 22.5. The fraction of sp³-hybridized carbons (Fsp3) is 0.440. The van der Waals surface area contributed by atoms with Gasteiger partial charge in [-0.25, -0.2) is 14.5 Å². The number of nitrogens with one attached hydrogen (secondary N) is 2. The van der Waals surface area contributed by atoms with E-state index in [0.29, 0.717) is 30.5 Å². The van der Waals surface area contributed by atoms with E-state index in [1.807, 2.05) is 35.2 Å². The molecular formula is C25H27N5O3. The molecule has 2 N–H and O–H groups in total. The van der Waals surface area contributed by atoms with E-state index in [1.54, 1.807) is 4.57 Å². The largest absolute Gasteiger partial charge is 0.349 e. The van der Waals surface area contributed by atoms with Crippen LogP contribution in [0.2, 0.25) is 0 Å². The maximum absolute atomic E-state index is 12.5. The standard InChI is InChI=1S/C25H27N5O3/c31-23-13-19-12-18(5-8-21(19)26-23)16-3-6-20(7-4-16)30-22(27-28-25(30)33)11-15-9-10-29(14-15)24(32)17-1-2-17/h3-8,12,15,17,19,21H,1-2,9-11,13-14H2,(H,26,31)(H,28,33)/t15-,19?,21?/m0/s1. The quantitative estimate of drug-likeness (QED) is 0.733. The van der Waals surface area contributed by atoms with E-state index in [9.17, 15) is 14.4 Å². The first-order chi connectivity index (χ1) is 16.0. The molecule has 2 amide bonds. The number of likely N-dealkylation sites (tertiary alicyclic amines) is 1. The fourth-order valence-corrected chi connectivity index (χ4v) is 5.31. The monoisotopic (exact) mass is 445 g/mol. The summed E-state index contributed by atoms with van der Waals surface area (Å²) in [5.74, 6) is 1.84. The maximum atomic E-state index is 12.5. The first kappa shape index (κ1) is 20.2. The third-order valence-corrected chi connectivity index (χ3v) is 7.28. The maximum Gasteiger partial charge on any atom is 0.347 e. The van der Waals surface area contributed by atoms with Crippen LogP contribution in [0.1, 0.15) is 37.1 Å². The molecule has 2 saturated heterocycles. The van der Waals surface area contributed by atoms with Gasteiger partial charge in [-0.3, -0.25) is 9.59 Å². The topological polar surface area (TPSA) is 100 Å². The minimum atomic E-state index is -0.253. The van der Waals surface area contributed by atoms with Crippen molar-refractivity contribution in [3.63, 3.8) is 0 Å². The summed E-state index contributed by atoms with van der Waals surface area (Å²) < 4.78 is 1.63. The molecule has 8 nitrogen and oxygen atoms in total. The van der Waals surface area contributed by atoms with E-state index in [-0.39, 0.29) is 29.5 Å². The molecule has 6 rings (SSSR count). The van der Waals surface area contributed by atoms with Crippen LogP contribution in [0.15, 0.2) is 47.3 Å². The van der Waals surface area contributed by atoms with E-state index < -0.39 is 0 Å². The molecule has 0 bridgehead atoms. The van der Waals surface area contributed by atoms with Crippen LogP contribution in [0.3, 0.4) is 0 Å². The van der Waals surface area contributed by atoms with E-state index in [0.717, 1.165) is 49.2 Å². The van der Waals surface area contributed by atoms with Crippen LogP contribution in [0.5, 0.6) is 0 Å². The van der Waals surface area contributed by atoms with Gasteiger partial charge in [-0.1, -0.05) is 30.4 Å². The molecule has 0 spiro atoms. The zero-order valence-corrected chi connectivity index (χ0v) is 18.4. The number of carbonyl (C=O) groups excluding carboxylic acids is 2. The van der Waals surface area contributed by atoms with Crippen LogP contribution >= 0.6 is 0 Å². The van der Waals surface area contributed by atoms with E-state index in [1.165, 1.54) is 0 Å². The van der Waals surface area contributed by atoms with Crippen LogP contribution in [0, 0.1) is 17.8 Å². The van der Waals surface area contributed by atoms with Gasteiger partial charge >= 0.3 is 5.69 Å². The minimum Gasteiger partial charge on any atom is -0.349 e. The summed E-state index contributed by atoms with van der Waals surface area (Å²) in [4.78, 5) is 38.5. The first-order valence-corrected chi connectivity index (χ1v) is 11.8. The van der Waals surface area contributed by atoms with Crippen molar-refractivity contribution in [3.8, 4) is 5.69 Å². The van der Waals surface area contributed by atoms with Crippen molar-refractivity contribution in [2.45, 2.75) is 38.1 Å². The molecule has 3 atom stereocenters. The highest BCUT2D eigenvalue weighted by Gasteiger charge is 2.37. The van der Waals surface area contributed by atoms with Crippen LogP contribution in [-0.4, -0.2) is 50.6 Å². The number of carbonyl (C=O) groups is 2. The van der Waals surface area contributed by atoms with Crippen molar-refractivity contribution in [3.05, 3.63) is 64.4 Å². The molecule has 2 unspecified atom stereocenters. The SMILES string of the molecule is O=C1CC2C=C(c3ccc(-n4c(C[C@@H]5CCN(C(=O)C6CC6)C5)n[nH]c4=O)cc3)C=CC2N1. The minimum absolute atomic E-state index is 0.0941. The predicted molar refractivity (Wildman–Crippen MR) is 122 cm³/mol.